The van der Waals surface area contributed by atoms with Crippen LogP contribution in [0.5, 0.6) is 0 Å². The van der Waals surface area contributed by atoms with E-state index >= 15 is 0 Å². The summed E-state index contributed by atoms with van der Waals surface area (Å²) >= 11 is 1.50. The molecule has 1 N–H and O–H groups in total. The number of rotatable bonds is 3. The molecule has 0 unspecified atom stereocenters. The van der Waals surface area contributed by atoms with Crippen LogP contribution in [-0.4, -0.2) is 15.4 Å². The predicted octanol–water partition coefficient (Wildman–Crippen LogP) is 4.12. The Balaban J connectivity index is 2.04. The number of nitrogens with one attached hydrogen (secondary N) is 1. The Bertz CT molecular complexity index is 393. The van der Waals surface area contributed by atoms with Crippen molar-refractivity contribution in [2.75, 3.05) is 5.32 Å². The quantitative estimate of drug-likeness (QED) is 0.895. The molecule has 1 aliphatic carbocycles. The number of hydrogen-bond acceptors (Lipinski definition) is 4. The lowest BCUT2D eigenvalue weighted by Gasteiger charge is -2.45. The number of nitrogens with zero attached hydrogens (tertiary/aromatic N) is 2. The molecule has 1 heterocycles. The Morgan fingerprint density at radius 3 is 2.33 bits per heavy atom. The Kier molecular flexibility index (Phi) is 3.67. The van der Waals surface area contributed by atoms with E-state index in [4.69, 9.17) is 0 Å². The maximum Gasteiger partial charge on any atom is 0.202 e. The molecule has 4 heteroatoms. The highest BCUT2D eigenvalue weighted by Gasteiger charge is 2.38. The first kappa shape index (κ1) is 13.8. The molecule has 1 aliphatic rings. The van der Waals surface area contributed by atoms with Crippen LogP contribution in [0.15, 0.2) is 0 Å². The lowest BCUT2D eigenvalue weighted by molar-refractivity contribution is 0.105. The van der Waals surface area contributed by atoms with Gasteiger partial charge >= 0.3 is 0 Å². The average Bonchev–Trinajstić information content (AvgIpc) is 2.60. The van der Waals surface area contributed by atoms with Gasteiger partial charge in [0.05, 0.1) is 0 Å². The van der Waals surface area contributed by atoms with Crippen LogP contribution >= 0.6 is 11.5 Å². The van der Waals surface area contributed by atoms with Gasteiger partial charge in [0, 0.05) is 24.0 Å². The van der Waals surface area contributed by atoms with E-state index in [9.17, 15) is 0 Å². The summed E-state index contributed by atoms with van der Waals surface area (Å²) in [6.07, 6.45) is 4.66. The molecule has 1 aromatic heterocycles. The summed E-state index contributed by atoms with van der Waals surface area (Å²) in [6.45, 7) is 11.6. The summed E-state index contributed by atoms with van der Waals surface area (Å²) in [5.74, 6) is 0.955. The minimum Gasteiger partial charge on any atom is -0.358 e. The second kappa shape index (κ2) is 4.80. The molecule has 1 fully saturated rings. The van der Waals surface area contributed by atoms with E-state index in [0.29, 0.717) is 16.9 Å². The first-order valence-electron chi connectivity index (χ1n) is 6.89. The van der Waals surface area contributed by atoms with Gasteiger partial charge in [0.25, 0.3) is 0 Å². The summed E-state index contributed by atoms with van der Waals surface area (Å²) in [4.78, 5) is 4.51. The topological polar surface area (TPSA) is 37.8 Å². The van der Waals surface area contributed by atoms with Gasteiger partial charge < -0.3 is 5.32 Å². The van der Waals surface area contributed by atoms with Gasteiger partial charge in [0.15, 0.2) is 0 Å². The highest BCUT2D eigenvalue weighted by molar-refractivity contribution is 7.09. The molecule has 0 atom stereocenters. The molecule has 0 radical (unpaired) electrons. The molecule has 0 spiro atoms. The largest absolute Gasteiger partial charge is 0.358 e. The van der Waals surface area contributed by atoms with Crippen molar-refractivity contribution in [1.82, 2.24) is 9.36 Å². The molecule has 1 saturated carbocycles. The highest BCUT2D eigenvalue weighted by Crippen LogP contribution is 2.46. The molecule has 1 aromatic rings. The number of anilines is 1. The van der Waals surface area contributed by atoms with E-state index in [-0.39, 0.29) is 0 Å². The molecule has 0 bridgehead atoms. The maximum atomic E-state index is 4.51. The second-order valence-corrected chi connectivity index (χ2v) is 7.88. The highest BCUT2D eigenvalue weighted by atomic mass is 32.1. The zero-order valence-corrected chi connectivity index (χ0v) is 13.0. The predicted molar refractivity (Wildman–Crippen MR) is 78.1 cm³/mol. The van der Waals surface area contributed by atoms with Crippen molar-refractivity contribution < 1.29 is 0 Å². The summed E-state index contributed by atoms with van der Waals surface area (Å²) in [7, 11) is 0. The average molecular weight is 267 g/mol. The molecule has 0 amide bonds. The third-order valence-corrected chi connectivity index (χ3v) is 4.35. The molecule has 2 rings (SSSR count). The maximum absolute atomic E-state index is 4.51. The van der Waals surface area contributed by atoms with Crippen LogP contribution in [0.3, 0.4) is 0 Å². The minimum atomic E-state index is 0.414. The fourth-order valence-corrected chi connectivity index (χ4v) is 4.31. The van der Waals surface area contributed by atoms with E-state index in [1.165, 1.54) is 30.8 Å². The number of hydrogen-bond donors (Lipinski definition) is 1. The van der Waals surface area contributed by atoms with Crippen LogP contribution in [0.4, 0.5) is 5.13 Å². The first-order valence-corrected chi connectivity index (χ1v) is 7.66. The van der Waals surface area contributed by atoms with Crippen molar-refractivity contribution in [2.24, 2.45) is 10.8 Å². The van der Waals surface area contributed by atoms with Crippen LogP contribution in [0.1, 0.15) is 59.7 Å². The van der Waals surface area contributed by atoms with Crippen LogP contribution in [0, 0.1) is 10.8 Å². The zero-order valence-electron chi connectivity index (χ0n) is 12.2. The van der Waals surface area contributed by atoms with Crippen molar-refractivity contribution in [2.45, 2.75) is 66.3 Å². The normalized spacial score (nSPS) is 22.9. The monoisotopic (exact) mass is 267 g/mol. The summed E-state index contributed by atoms with van der Waals surface area (Å²) < 4.78 is 4.34. The van der Waals surface area contributed by atoms with Crippen molar-refractivity contribution in [3.63, 3.8) is 0 Å². The Morgan fingerprint density at radius 1 is 1.22 bits per heavy atom. The molecule has 3 nitrogen and oxygen atoms in total. The lowest BCUT2D eigenvalue weighted by Crippen LogP contribution is -2.40. The first-order chi connectivity index (χ1) is 8.30. The second-order valence-electron chi connectivity index (χ2n) is 7.12. The van der Waals surface area contributed by atoms with Crippen LogP contribution < -0.4 is 5.32 Å². The van der Waals surface area contributed by atoms with E-state index < -0.39 is 0 Å². The lowest BCUT2D eigenvalue weighted by atomic mass is 9.63. The fourth-order valence-electron chi connectivity index (χ4n) is 3.58. The zero-order chi connectivity index (χ0) is 13.4. The number of aromatic nitrogens is 2. The van der Waals surface area contributed by atoms with Gasteiger partial charge in [-0.1, -0.05) is 34.6 Å². The van der Waals surface area contributed by atoms with Gasteiger partial charge in [-0.2, -0.15) is 4.37 Å². The van der Waals surface area contributed by atoms with E-state index in [0.717, 1.165) is 17.4 Å². The third-order valence-electron chi connectivity index (χ3n) is 3.67. The minimum absolute atomic E-state index is 0.414. The SMILES string of the molecule is CCc1nsc(NC2CC(C)(C)CC(C)(C)C2)n1. The van der Waals surface area contributed by atoms with Gasteiger partial charge in [-0.3, -0.25) is 0 Å². The molecular formula is C14H25N3S. The van der Waals surface area contributed by atoms with Crippen molar-refractivity contribution in [1.29, 1.82) is 0 Å². The van der Waals surface area contributed by atoms with E-state index in [1.807, 2.05) is 0 Å². The molecule has 18 heavy (non-hydrogen) atoms. The summed E-state index contributed by atoms with van der Waals surface area (Å²) in [5.41, 5.74) is 0.829. The summed E-state index contributed by atoms with van der Waals surface area (Å²) in [6, 6.07) is 0.529. The fraction of sp³-hybridized carbons (Fsp3) is 0.857. The van der Waals surface area contributed by atoms with Crippen molar-refractivity contribution in [3.05, 3.63) is 5.82 Å². The molecule has 102 valence electrons. The Morgan fingerprint density at radius 2 is 1.83 bits per heavy atom. The van der Waals surface area contributed by atoms with Crippen LogP contribution in [0.25, 0.3) is 0 Å². The molecule has 0 saturated heterocycles. The van der Waals surface area contributed by atoms with Crippen molar-refractivity contribution in [3.8, 4) is 0 Å². The smallest absolute Gasteiger partial charge is 0.202 e. The standard InChI is InChI=1S/C14H25N3S/c1-6-11-16-12(18-17-11)15-10-7-13(2,3)9-14(4,5)8-10/h10H,6-9H2,1-5H3,(H,15,16,17). The Labute approximate surface area is 115 Å². The van der Waals surface area contributed by atoms with E-state index in [1.54, 1.807) is 0 Å². The van der Waals surface area contributed by atoms with Crippen molar-refractivity contribution >= 4 is 16.7 Å². The van der Waals surface area contributed by atoms with Crippen LogP contribution in [0.2, 0.25) is 0 Å². The molecule has 0 aromatic carbocycles. The van der Waals surface area contributed by atoms with Gasteiger partial charge in [0.2, 0.25) is 5.13 Å². The van der Waals surface area contributed by atoms with Gasteiger partial charge in [0.1, 0.15) is 5.82 Å². The van der Waals surface area contributed by atoms with Gasteiger partial charge in [-0.25, -0.2) is 4.98 Å². The Hall–Kier alpha value is -0.640. The molecule has 0 aliphatic heterocycles. The van der Waals surface area contributed by atoms with Gasteiger partial charge in [-0.05, 0) is 30.1 Å². The summed E-state index contributed by atoms with van der Waals surface area (Å²) in [5, 5.41) is 4.58. The number of aryl methyl sites for hydroxylation is 1. The van der Waals surface area contributed by atoms with Gasteiger partial charge in [-0.15, -0.1) is 0 Å². The van der Waals surface area contributed by atoms with Crippen LogP contribution in [-0.2, 0) is 6.42 Å². The molecular weight excluding hydrogens is 242 g/mol. The third kappa shape index (κ3) is 3.44. The van der Waals surface area contributed by atoms with E-state index in [2.05, 4.69) is 49.3 Å².